The third-order valence-electron chi connectivity index (χ3n) is 3.76. The zero-order valence-corrected chi connectivity index (χ0v) is 11.7. The average molecular weight is 271 g/mol. The highest BCUT2D eigenvalue weighted by atomic mass is 35.5. The van der Waals surface area contributed by atoms with E-state index in [0.29, 0.717) is 6.54 Å². The number of halogens is 2. The molecule has 1 N–H and O–H groups in total. The molecule has 2 nitrogen and oxygen atoms in total. The second-order valence-corrected chi connectivity index (χ2v) is 5.64. The first-order chi connectivity index (χ1) is 8.54. The van der Waals surface area contributed by atoms with Crippen molar-refractivity contribution in [2.24, 2.45) is 0 Å². The molecule has 0 bridgehead atoms. The van der Waals surface area contributed by atoms with E-state index in [4.69, 9.17) is 11.6 Å². The van der Waals surface area contributed by atoms with Crippen LogP contribution in [0.25, 0.3) is 0 Å². The predicted molar refractivity (Wildman–Crippen MR) is 73.4 cm³/mol. The Balaban J connectivity index is 2.07. The summed E-state index contributed by atoms with van der Waals surface area (Å²) < 4.78 is 13.4. The molecule has 2 rings (SSSR count). The summed E-state index contributed by atoms with van der Waals surface area (Å²) in [6.45, 7) is 8.04. The van der Waals surface area contributed by atoms with Crippen molar-refractivity contribution in [3.63, 3.8) is 0 Å². The maximum Gasteiger partial charge on any atom is 0.142 e. The van der Waals surface area contributed by atoms with Crippen LogP contribution in [0.15, 0.2) is 18.2 Å². The van der Waals surface area contributed by atoms with Gasteiger partial charge in [0.25, 0.3) is 0 Å². The lowest BCUT2D eigenvalue weighted by Gasteiger charge is -2.41. The van der Waals surface area contributed by atoms with Crippen molar-refractivity contribution in [2.75, 3.05) is 19.6 Å². The van der Waals surface area contributed by atoms with Gasteiger partial charge in [-0.2, -0.15) is 0 Å². The first-order valence-electron chi connectivity index (χ1n) is 6.44. The summed E-state index contributed by atoms with van der Waals surface area (Å²) in [5.74, 6) is -0.331. The summed E-state index contributed by atoms with van der Waals surface area (Å²) in [5.41, 5.74) is 1.02. The van der Waals surface area contributed by atoms with Crippen molar-refractivity contribution in [3.05, 3.63) is 34.6 Å². The van der Waals surface area contributed by atoms with Crippen LogP contribution in [0, 0.1) is 5.82 Å². The molecule has 0 radical (unpaired) electrons. The summed E-state index contributed by atoms with van der Waals surface area (Å²) in [6.07, 6.45) is 1.08. The van der Waals surface area contributed by atoms with E-state index >= 15 is 0 Å². The molecule has 0 spiro atoms. The molecule has 1 atom stereocenters. The molecule has 0 aliphatic carbocycles. The zero-order valence-electron chi connectivity index (χ0n) is 11.0. The largest absolute Gasteiger partial charge is 0.309 e. The van der Waals surface area contributed by atoms with Gasteiger partial charge in [-0.1, -0.05) is 30.7 Å². The summed E-state index contributed by atoms with van der Waals surface area (Å²) in [4.78, 5) is 2.33. The fourth-order valence-electron chi connectivity index (χ4n) is 2.43. The molecule has 1 saturated heterocycles. The first kappa shape index (κ1) is 13.8. The fourth-order valence-corrected chi connectivity index (χ4v) is 2.61. The number of piperazine rings is 1. The van der Waals surface area contributed by atoms with Crippen LogP contribution in [0.3, 0.4) is 0 Å². The van der Waals surface area contributed by atoms with Gasteiger partial charge in [0.15, 0.2) is 0 Å². The Morgan fingerprint density at radius 2 is 2.28 bits per heavy atom. The molecule has 1 fully saturated rings. The normalized spacial score (nSPS) is 25.3. The lowest BCUT2D eigenvalue weighted by atomic mass is 9.95. The van der Waals surface area contributed by atoms with Gasteiger partial charge < -0.3 is 5.32 Å². The highest BCUT2D eigenvalue weighted by Crippen LogP contribution is 2.23. The third kappa shape index (κ3) is 3.02. The molecule has 1 heterocycles. The summed E-state index contributed by atoms with van der Waals surface area (Å²) in [7, 11) is 0. The van der Waals surface area contributed by atoms with Gasteiger partial charge in [0.1, 0.15) is 5.82 Å². The Kier molecular flexibility index (Phi) is 4.25. The Labute approximate surface area is 113 Å². The molecule has 4 heteroatoms. The summed E-state index contributed by atoms with van der Waals surface area (Å²) in [5, 5.41) is 3.80. The summed E-state index contributed by atoms with van der Waals surface area (Å²) in [6, 6.07) is 5.02. The minimum atomic E-state index is -0.331. The van der Waals surface area contributed by atoms with Crippen molar-refractivity contribution < 1.29 is 4.39 Å². The standard InChI is InChI=1S/C14H20ClFN2/c1-3-14(2)10-18(8-7-17-14)9-11-5-4-6-12(16)13(11)15/h4-6,17H,3,7-10H2,1-2H3. The van der Waals surface area contributed by atoms with Gasteiger partial charge in [0, 0.05) is 31.7 Å². The van der Waals surface area contributed by atoms with E-state index in [9.17, 15) is 4.39 Å². The minimum Gasteiger partial charge on any atom is -0.309 e. The minimum absolute atomic E-state index is 0.151. The number of benzene rings is 1. The monoisotopic (exact) mass is 270 g/mol. The predicted octanol–water partition coefficient (Wildman–Crippen LogP) is 3.05. The quantitative estimate of drug-likeness (QED) is 0.908. The van der Waals surface area contributed by atoms with Crippen molar-refractivity contribution in [1.29, 1.82) is 0 Å². The molecular formula is C14H20ClFN2. The van der Waals surface area contributed by atoms with Crippen LogP contribution in [0.2, 0.25) is 5.02 Å². The molecule has 0 amide bonds. The molecule has 0 saturated carbocycles. The van der Waals surface area contributed by atoms with Crippen molar-refractivity contribution in [1.82, 2.24) is 10.2 Å². The van der Waals surface area contributed by atoms with E-state index < -0.39 is 0 Å². The van der Waals surface area contributed by atoms with Crippen molar-refractivity contribution >= 4 is 11.6 Å². The number of rotatable bonds is 3. The van der Waals surface area contributed by atoms with E-state index in [2.05, 4.69) is 24.1 Å². The van der Waals surface area contributed by atoms with Crippen LogP contribution in [0.5, 0.6) is 0 Å². The molecular weight excluding hydrogens is 251 g/mol. The number of hydrogen-bond acceptors (Lipinski definition) is 2. The van der Waals surface area contributed by atoms with Crippen molar-refractivity contribution in [2.45, 2.75) is 32.4 Å². The van der Waals surface area contributed by atoms with Gasteiger partial charge in [-0.3, -0.25) is 4.90 Å². The highest BCUT2D eigenvalue weighted by molar-refractivity contribution is 6.31. The second-order valence-electron chi connectivity index (χ2n) is 5.26. The molecule has 100 valence electrons. The van der Waals surface area contributed by atoms with Crippen molar-refractivity contribution in [3.8, 4) is 0 Å². The molecule has 1 aliphatic heterocycles. The van der Waals surface area contributed by atoms with E-state index in [0.717, 1.165) is 31.6 Å². The van der Waals surface area contributed by atoms with Crippen LogP contribution in [0.4, 0.5) is 4.39 Å². The molecule has 0 aromatic heterocycles. The van der Waals surface area contributed by atoms with Gasteiger partial charge in [0.2, 0.25) is 0 Å². The van der Waals surface area contributed by atoms with E-state index in [1.165, 1.54) is 6.07 Å². The summed E-state index contributed by atoms with van der Waals surface area (Å²) >= 11 is 6.00. The SMILES string of the molecule is CCC1(C)CN(Cc2cccc(F)c2Cl)CCN1. The lowest BCUT2D eigenvalue weighted by Crippen LogP contribution is -2.58. The van der Waals surface area contributed by atoms with Gasteiger partial charge in [0.05, 0.1) is 5.02 Å². The number of nitrogens with zero attached hydrogens (tertiary/aromatic N) is 1. The van der Waals surface area contributed by atoms with Crippen LogP contribution in [0.1, 0.15) is 25.8 Å². The lowest BCUT2D eigenvalue weighted by molar-refractivity contribution is 0.133. The van der Waals surface area contributed by atoms with E-state index in [-0.39, 0.29) is 16.4 Å². The van der Waals surface area contributed by atoms with Crippen LogP contribution >= 0.6 is 11.6 Å². The average Bonchev–Trinajstić information content (AvgIpc) is 2.35. The molecule has 1 aliphatic rings. The van der Waals surface area contributed by atoms with Gasteiger partial charge in [-0.15, -0.1) is 0 Å². The van der Waals surface area contributed by atoms with Crippen LogP contribution in [-0.2, 0) is 6.54 Å². The Hall–Kier alpha value is -0.640. The zero-order chi connectivity index (χ0) is 13.2. The topological polar surface area (TPSA) is 15.3 Å². The maximum absolute atomic E-state index is 13.4. The Morgan fingerprint density at radius 3 is 3.00 bits per heavy atom. The smallest absolute Gasteiger partial charge is 0.142 e. The molecule has 1 aromatic rings. The number of nitrogens with one attached hydrogen (secondary N) is 1. The maximum atomic E-state index is 13.4. The second kappa shape index (κ2) is 5.55. The molecule has 18 heavy (non-hydrogen) atoms. The van der Waals surface area contributed by atoms with Crippen LogP contribution < -0.4 is 5.32 Å². The van der Waals surface area contributed by atoms with Crippen LogP contribution in [-0.4, -0.2) is 30.1 Å². The molecule has 1 aromatic carbocycles. The van der Waals surface area contributed by atoms with E-state index in [1.807, 2.05) is 6.07 Å². The Bertz CT molecular complexity index is 424. The number of hydrogen-bond donors (Lipinski definition) is 1. The van der Waals surface area contributed by atoms with E-state index in [1.54, 1.807) is 6.07 Å². The van der Waals surface area contributed by atoms with Gasteiger partial charge in [-0.25, -0.2) is 4.39 Å². The van der Waals surface area contributed by atoms with Gasteiger partial charge >= 0.3 is 0 Å². The first-order valence-corrected chi connectivity index (χ1v) is 6.82. The third-order valence-corrected chi connectivity index (χ3v) is 4.18. The fraction of sp³-hybridized carbons (Fsp3) is 0.571. The highest BCUT2D eigenvalue weighted by Gasteiger charge is 2.28. The Morgan fingerprint density at radius 1 is 1.50 bits per heavy atom. The molecule has 1 unspecified atom stereocenters. The van der Waals surface area contributed by atoms with Gasteiger partial charge in [-0.05, 0) is 25.0 Å².